The number of hydrogen-bond acceptors (Lipinski definition) is 4. The van der Waals surface area contributed by atoms with E-state index in [9.17, 15) is 15.3 Å². The molecule has 2 aliphatic rings. The van der Waals surface area contributed by atoms with Gasteiger partial charge >= 0.3 is 0 Å². The molecule has 0 heterocycles. The van der Waals surface area contributed by atoms with Crippen LogP contribution in [0.5, 0.6) is 0 Å². The molecule has 0 aromatic heterocycles. The summed E-state index contributed by atoms with van der Waals surface area (Å²) in [5, 5.41) is 39.2. The number of aliphatic hydroxyl groups excluding tert-OH is 4. The molecule has 4 heteroatoms. The zero-order valence-electron chi connectivity index (χ0n) is 14.3. The van der Waals surface area contributed by atoms with E-state index >= 15 is 0 Å². The largest absolute Gasteiger partial charge is 0.396 e. The third-order valence-corrected chi connectivity index (χ3v) is 5.46. The van der Waals surface area contributed by atoms with E-state index in [0.29, 0.717) is 37.0 Å². The van der Waals surface area contributed by atoms with Crippen molar-refractivity contribution in [1.82, 2.24) is 0 Å². The van der Waals surface area contributed by atoms with Crippen LogP contribution in [0, 0.1) is 23.7 Å². The minimum atomic E-state index is -0.643. The Morgan fingerprint density at radius 2 is 1.91 bits per heavy atom. The van der Waals surface area contributed by atoms with Crippen molar-refractivity contribution >= 4 is 0 Å². The van der Waals surface area contributed by atoms with Crippen molar-refractivity contribution < 1.29 is 20.4 Å². The molecule has 0 aromatic carbocycles. The second-order valence-electron chi connectivity index (χ2n) is 7.49. The Balaban J connectivity index is 1.95. The average Bonchev–Trinajstić information content (AvgIpc) is 2.46. The number of aliphatic hydroxyl groups is 4. The van der Waals surface area contributed by atoms with Crippen LogP contribution in [-0.4, -0.2) is 45.3 Å². The van der Waals surface area contributed by atoms with Crippen molar-refractivity contribution in [2.24, 2.45) is 23.7 Å². The summed E-state index contributed by atoms with van der Waals surface area (Å²) < 4.78 is 0. The van der Waals surface area contributed by atoms with Crippen molar-refractivity contribution in [3.05, 3.63) is 23.8 Å². The lowest BCUT2D eigenvalue weighted by molar-refractivity contribution is 0.0340. The molecule has 0 saturated carbocycles. The maximum Gasteiger partial charge on any atom is 0.0617 e. The second kappa shape index (κ2) is 8.43. The fourth-order valence-electron chi connectivity index (χ4n) is 4.22. The maximum atomic E-state index is 10.5. The quantitative estimate of drug-likeness (QED) is 0.423. The molecule has 0 radical (unpaired) electrons. The summed E-state index contributed by atoms with van der Waals surface area (Å²) in [5.41, 5.74) is 1.24. The molecule has 0 aliphatic heterocycles. The van der Waals surface area contributed by atoms with E-state index in [2.05, 4.69) is 32.1 Å². The number of rotatable bonds is 7. The SMILES string of the molecule is C[C@H]1[13CH]=C2[13CH]=C[13C@H](C)[C@H]([13CH2]C[13C@@H]([18OH])C[13C@H]([18OH])C[13CH2][18OH])[13C@H]2[C@@H](O)[13CH2]1. The first-order valence-corrected chi connectivity index (χ1v) is 8.97. The van der Waals surface area contributed by atoms with Gasteiger partial charge in [0.05, 0.1) is 18.3 Å². The van der Waals surface area contributed by atoms with Crippen LogP contribution in [-0.2, 0) is 0 Å². The predicted molar refractivity (Wildman–Crippen MR) is 90.7 cm³/mol. The molecule has 2 rings (SSSR count). The summed E-state index contributed by atoms with van der Waals surface area (Å²) in [5.74, 6) is 1.29. The van der Waals surface area contributed by atoms with Crippen molar-refractivity contribution in [3.63, 3.8) is 0 Å². The van der Waals surface area contributed by atoms with Gasteiger partial charge in [0.25, 0.3) is 0 Å². The second-order valence-corrected chi connectivity index (χ2v) is 7.49. The summed E-state index contributed by atoms with van der Waals surface area (Å²) in [6.45, 7) is 4.26. The van der Waals surface area contributed by atoms with E-state index in [4.69, 9.17) is 5.11 Å². The van der Waals surface area contributed by atoms with Gasteiger partial charge in [-0.15, -0.1) is 0 Å². The lowest BCUT2D eigenvalue weighted by atomic mass is 10.1. The third kappa shape index (κ3) is 4.90. The van der Waals surface area contributed by atoms with E-state index < -0.39 is 12.2 Å². The summed E-state index contributed by atoms with van der Waals surface area (Å²) in [7, 11) is 0. The van der Waals surface area contributed by atoms with Gasteiger partial charge in [0.2, 0.25) is 0 Å². The van der Waals surface area contributed by atoms with Gasteiger partial charge in [-0.25, -0.2) is 0 Å². The molecule has 0 fully saturated rings. The fourth-order valence-corrected chi connectivity index (χ4v) is 4.22. The molecular formula is C19H32O4. The standard InChI is InChI=1S/C19H32O4/c1-12-9-14-4-3-13(2)17(19(14)18(23)10-12)6-5-15(21)11-16(22)7-8-20/h3-4,9,12-13,15-23H,5-8,10-11H2,1-2H3/t12-,13-,15+,16+,17-,18-,19-/m0/s1/i4+1,6+1,8+1,9+1,10+1,13+1,15+1,16+1,19+1,20+2,21+2,22+2. The highest BCUT2D eigenvalue weighted by atomic mass is 18.2. The van der Waals surface area contributed by atoms with Gasteiger partial charge in [0.1, 0.15) is 0 Å². The van der Waals surface area contributed by atoms with Crippen LogP contribution < -0.4 is 0 Å². The maximum absolute atomic E-state index is 10.5. The Morgan fingerprint density at radius 3 is 2.61 bits per heavy atom. The number of fused-ring (bicyclic) bond motifs is 1. The molecule has 23 heavy (non-hydrogen) atoms. The van der Waals surface area contributed by atoms with Crippen molar-refractivity contribution in [2.45, 2.75) is 64.3 Å². The van der Waals surface area contributed by atoms with Crippen LogP contribution in [0.25, 0.3) is 0 Å². The van der Waals surface area contributed by atoms with Gasteiger partial charge in [0.15, 0.2) is 0 Å². The smallest absolute Gasteiger partial charge is 0.0617 e. The highest BCUT2D eigenvalue weighted by Gasteiger charge is 2.38. The van der Waals surface area contributed by atoms with Crippen molar-refractivity contribution in [2.75, 3.05) is 6.61 Å². The van der Waals surface area contributed by atoms with Crippen molar-refractivity contribution in [3.8, 4) is 0 Å². The van der Waals surface area contributed by atoms with Gasteiger partial charge in [-0.2, -0.15) is 0 Å². The van der Waals surface area contributed by atoms with Crippen LogP contribution in [0.1, 0.15) is 46.0 Å². The predicted octanol–water partition coefficient (Wildman–Crippen LogP) is 2.03. The summed E-state index contributed by atoms with van der Waals surface area (Å²) >= 11 is 0. The number of hydrogen-bond donors (Lipinski definition) is 4. The molecule has 4 N–H and O–H groups in total. The van der Waals surface area contributed by atoms with E-state index in [1.54, 1.807) is 0 Å². The highest BCUT2D eigenvalue weighted by molar-refractivity contribution is 5.31. The van der Waals surface area contributed by atoms with Crippen LogP contribution in [0.15, 0.2) is 23.8 Å². The Hall–Kier alpha value is -0.680. The van der Waals surface area contributed by atoms with Crippen molar-refractivity contribution in [1.29, 1.82) is 0 Å². The average molecular weight is 339 g/mol. The first-order valence-electron chi connectivity index (χ1n) is 8.97. The molecule has 0 spiro atoms. The Kier molecular flexibility index (Phi) is 6.84. The Morgan fingerprint density at radius 1 is 1.22 bits per heavy atom. The zero-order chi connectivity index (χ0) is 17.0. The van der Waals surface area contributed by atoms with Gasteiger partial charge in [-0.3, -0.25) is 0 Å². The topological polar surface area (TPSA) is 80.9 Å². The molecule has 2 aliphatic carbocycles. The first kappa shape index (κ1) is 18.7. The molecule has 0 unspecified atom stereocenters. The molecule has 0 aromatic rings. The Bertz CT molecular complexity index is 431. The van der Waals surface area contributed by atoms with E-state index in [1.165, 1.54) is 5.57 Å². The zero-order valence-corrected chi connectivity index (χ0v) is 14.3. The highest BCUT2D eigenvalue weighted by Crippen LogP contribution is 2.43. The third-order valence-electron chi connectivity index (χ3n) is 5.46. The normalized spacial score (nSPS) is 36.3. The number of allylic oxidation sites excluding steroid dienone is 3. The Labute approximate surface area is 139 Å². The van der Waals surface area contributed by atoms with Crippen LogP contribution >= 0.6 is 0 Å². The van der Waals surface area contributed by atoms with E-state index in [0.717, 1.165) is 12.8 Å². The van der Waals surface area contributed by atoms with Gasteiger partial charge in [0, 0.05) is 12.5 Å². The van der Waals surface area contributed by atoms with Crippen LogP contribution in [0.3, 0.4) is 0 Å². The van der Waals surface area contributed by atoms with Gasteiger partial charge < -0.3 is 20.4 Å². The molecule has 0 saturated heterocycles. The first-order chi connectivity index (χ1) is 10.9. The minimum Gasteiger partial charge on any atom is -0.396 e. The fraction of sp³-hybridized carbons (Fsp3) is 0.789. The minimum absolute atomic E-state index is 0.0566. The molecule has 132 valence electrons. The summed E-state index contributed by atoms with van der Waals surface area (Å²) in [4.78, 5) is 0. The van der Waals surface area contributed by atoms with Crippen LogP contribution in [0.2, 0.25) is 0 Å². The molecule has 4 nitrogen and oxygen atoms in total. The van der Waals surface area contributed by atoms with Gasteiger partial charge in [-0.1, -0.05) is 32.1 Å². The monoisotopic (exact) mass is 339 g/mol. The lowest BCUT2D eigenvalue weighted by Gasteiger charge is -2.41. The summed E-state index contributed by atoms with van der Waals surface area (Å²) in [6, 6.07) is 0. The van der Waals surface area contributed by atoms with E-state index in [1.807, 2.05) is 0 Å². The van der Waals surface area contributed by atoms with Crippen LogP contribution in [0.4, 0.5) is 0 Å². The molecule has 0 amide bonds. The molecule has 7 atom stereocenters. The summed E-state index contributed by atoms with van der Waals surface area (Å²) in [6.07, 6.45) is 8.03. The molecule has 0 bridgehead atoms. The molecular weight excluding hydrogens is 307 g/mol. The van der Waals surface area contributed by atoms with E-state index in [-0.39, 0.29) is 18.6 Å². The lowest BCUT2D eigenvalue weighted by Crippen LogP contribution is -2.38. The van der Waals surface area contributed by atoms with Gasteiger partial charge in [-0.05, 0) is 55.4 Å².